The smallest absolute Gasteiger partial charge is 0.413 e. The Hall–Kier alpha value is -4.30. The summed E-state index contributed by atoms with van der Waals surface area (Å²) in [6.45, 7) is 4.63. The Balaban J connectivity index is 1.62. The fraction of sp³-hybridized carbons (Fsp3) is 0.417. The number of aromatic nitrogens is 4. The minimum atomic E-state index is -1.78. The van der Waals surface area contributed by atoms with Gasteiger partial charge in [-0.1, -0.05) is 30.3 Å². The van der Waals surface area contributed by atoms with Gasteiger partial charge in [0, 0.05) is 13.1 Å². The van der Waals surface area contributed by atoms with Crippen molar-refractivity contribution in [3.63, 3.8) is 0 Å². The van der Waals surface area contributed by atoms with E-state index in [1.54, 1.807) is 20.8 Å². The Bertz CT molecular complexity index is 1240. The zero-order valence-corrected chi connectivity index (χ0v) is 21.3. The van der Waals surface area contributed by atoms with Crippen molar-refractivity contribution in [1.82, 2.24) is 29.7 Å². The summed E-state index contributed by atoms with van der Waals surface area (Å²) >= 11 is 0. The third kappa shape index (κ3) is 8.67. The number of anilines is 1. The second-order valence-corrected chi connectivity index (χ2v) is 9.20. The number of nitrogens with zero attached hydrogens (tertiary/aromatic N) is 5. The number of carbonyl (C=O) groups is 3. The van der Waals surface area contributed by atoms with Gasteiger partial charge in [-0.05, 0) is 26.3 Å². The first-order valence-corrected chi connectivity index (χ1v) is 11.8. The summed E-state index contributed by atoms with van der Waals surface area (Å²) in [4.78, 5) is 50.6. The maximum absolute atomic E-state index is 13.0. The lowest BCUT2D eigenvalue weighted by atomic mass is 10.2. The largest absolute Gasteiger partial charge is 0.444 e. The molecule has 0 saturated heterocycles. The molecule has 0 radical (unpaired) electrons. The van der Waals surface area contributed by atoms with Crippen LogP contribution in [0.25, 0.3) is 11.2 Å². The maximum atomic E-state index is 13.0. The van der Waals surface area contributed by atoms with Crippen molar-refractivity contribution >= 4 is 35.1 Å². The van der Waals surface area contributed by atoms with Crippen LogP contribution in [0.5, 0.6) is 0 Å². The van der Waals surface area contributed by atoms with E-state index in [-0.39, 0.29) is 49.8 Å². The van der Waals surface area contributed by atoms with Gasteiger partial charge in [-0.3, -0.25) is 10.1 Å². The van der Waals surface area contributed by atoms with E-state index in [0.29, 0.717) is 0 Å². The fourth-order valence-electron chi connectivity index (χ4n) is 3.31. The first kappa shape index (κ1) is 28.3. The Labute approximate surface area is 218 Å². The summed E-state index contributed by atoms with van der Waals surface area (Å²) in [6, 6.07) is 9.16. The Morgan fingerprint density at radius 3 is 2.50 bits per heavy atom. The number of alkyl carbamates (subject to hydrolysis) is 1. The van der Waals surface area contributed by atoms with Gasteiger partial charge in [0.1, 0.15) is 25.1 Å². The number of hydrogen-bond acceptors (Lipinski definition) is 10. The number of ether oxygens (including phenoxy) is 2. The van der Waals surface area contributed by atoms with Crippen molar-refractivity contribution in [1.29, 1.82) is 0 Å². The van der Waals surface area contributed by atoms with E-state index >= 15 is 0 Å². The minimum absolute atomic E-state index is 0.00261. The molecular weight excluding hydrogens is 498 g/mol. The molecule has 0 aliphatic rings. The molecule has 0 unspecified atom stereocenters. The van der Waals surface area contributed by atoms with Gasteiger partial charge in [0.15, 0.2) is 23.3 Å². The summed E-state index contributed by atoms with van der Waals surface area (Å²) in [6.07, 6.45) is -0.614. The van der Waals surface area contributed by atoms with Crippen molar-refractivity contribution in [2.24, 2.45) is 0 Å². The standard InChI is InChI=1S/C24H31N7O7/c1-24(2,3)38-22(35)25-9-10-30(12-18(33)34)17(32)11-31-15-28-19-20(26-14-27-21(19)31)29-23(36)37-13-16-7-5-4-6-8-16/h4-8,14-15,18,33-34H,9-13H2,1-3H3,(H,25,35)(H,26,27,29,36). The SMILES string of the molecule is CC(C)(C)OC(=O)NCCN(CC(O)O)C(=O)Cn1cnc2c(NC(=O)OCc3ccccc3)ncnc21. The molecule has 3 aromatic rings. The van der Waals surface area contributed by atoms with Gasteiger partial charge in [-0.15, -0.1) is 0 Å². The van der Waals surface area contributed by atoms with Gasteiger partial charge in [0.25, 0.3) is 0 Å². The quantitative estimate of drug-likeness (QED) is 0.279. The third-order valence-electron chi connectivity index (χ3n) is 4.93. The van der Waals surface area contributed by atoms with E-state index in [1.807, 2.05) is 30.3 Å². The van der Waals surface area contributed by atoms with E-state index < -0.39 is 30.0 Å². The van der Waals surface area contributed by atoms with Crippen LogP contribution in [0.1, 0.15) is 26.3 Å². The minimum Gasteiger partial charge on any atom is -0.444 e. The number of fused-ring (bicyclic) bond motifs is 1. The lowest BCUT2D eigenvalue weighted by molar-refractivity contribution is -0.138. The molecule has 3 rings (SSSR count). The highest BCUT2D eigenvalue weighted by molar-refractivity contribution is 5.93. The number of aliphatic hydroxyl groups is 2. The summed E-state index contributed by atoms with van der Waals surface area (Å²) in [5.41, 5.74) is 0.634. The molecule has 14 nitrogen and oxygen atoms in total. The lowest BCUT2D eigenvalue weighted by Gasteiger charge is -2.24. The van der Waals surface area contributed by atoms with Gasteiger partial charge >= 0.3 is 12.2 Å². The molecule has 38 heavy (non-hydrogen) atoms. The normalized spacial score (nSPS) is 11.3. The Morgan fingerprint density at radius 1 is 1.08 bits per heavy atom. The molecule has 14 heteroatoms. The fourth-order valence-corrected chi connectivity index (χ4v) is 3.31. The average Bonchev–Trinajstić information content (AvgIpc) is 3.25. The molecule has 0 saturated carbocycles. The zero-order chi connectivity index (χ0) is 27.7. The Kier molecular flexibility index (Phi) is 9.51. The molecule has 3 amide bonds. The number of hydrogen-bond donors (Lipinski definition) is 4. The molecule has 0 aliphatic carbocycles. The molecule has 4 N–H and O–H groups in total. The van der Waals surface area contributed by atoms with E-state index in [0.717, 1.165) is 5.56 Å². The van der Waals surface area contributed by atoms with Crippen LogP contribution in [0.15, 0.2) is 43.0 Å². The molecule has 0 fully saturated rings. The predicted molar refractivity (Wildman–Crippen MR) is 135 cm³/mol. The summed E-state index contributed by atoms with van der Waals surface area (Å²) in [5.74, 6) is -0.387. The number of imidazole rings is 1. The van der Waals surface area contributed by atoms with Crippen molar-refractivity contribution in [2.75, 3.05) is 25.0 Å². The van der Waals surface area contributed by atoms with Crippen LogP contribution in [-0.2, 0) is 27.4 Å². The number of rotatable bonds is 10. The van der Waals surface area contributed by atoms with Crippen molar-refractivity contribution in [2.45, 2.75) is 45.8 Å². The molecule has 0 spiro atoms. The van der Waals surface area contributed by atoms with Gasteiger partial charge in [0.05, 0.1) is 12.9 Å². The molecule has 2 heterocycles. The number of benzene rings is 1. The molecule has 0 aliphatic heterocycles. The van der Waals surface area contributed by atoms with Crippen LogP contribution in [-0.4, -0.2) is 84.3 Å². The van der Waals surface area contributed by atoms with Crippen LogP contribution in [0.2, 0.25) is 0 Å². The van der Waals surface area contributed by atoms with Gasteiger partial charge in [-0.25, -0.2) is 24.5 Å². The van der Waals surface area contributed by atoms with Crippen molar-refractivity contribution in [3.05, 3.63) is 48.5 Å². The van der Waals surface area contributed by atoms with Crippen LogP contribution < -0.4 is 10.6 Å². The topological polar surface area (TPSA) is 181 Å². The number of aliphatic hydroxyl groups excluding tert-OH is 1. The summed E-state index contributed by atoms with van der Waals surface area (Å²) in [5, 5.41) is 23.9. The number of amides is 3. The second-order valence-electron chi connectivity index (χ2n) is 9.20. The summed E-state index contributed by atoms with van der Waals surface area (Å²) in [7, 11) is 0. The maximum Gasteiger partial charge on any atom is 0.413 e. The monoisotopic (exact) mass is 529 g/mol. The van der Waals surface area contributed by atoms with Crippen LogP contribution in [0.3, 0.4) is 0 Å². The number of carbonyl (C=O) groups excluding carboxylic acids is 3. The van der Waals surface area contributed by atoms with Crippen LogP contribution in [0, 0.1) is 0 Å². The highest BCUT2D eigenvalue weighted by Gasteiger charge is 2.21. The lowest BCUT2D eigenvalue weighted by Crippen LogP contribution is -2.44. The molecule has 204 valence electrons. The van der Waals surface area contributed by atoms with Gasteiger partial charge in [0.2, 0.25) is 5.91 Å². The van der Waals surface area contributed by atoms with E-state index in [2.05, 4.69) is 25.6 Å². The van der Waals surface area contributed by atoms with Crippen LogP contribution in [0.4, 0.5) is 15.4 Å². The van der Waals surface area contributed by atoms with Crippen molar-refractivity contribution in [3.8, 4) is 0 Å². The first-order chi connectivity index (χ1) is 18.0. The zero-order valence-electron chi connectivity index (χ0n) is 21.3. The summed E-state index contributed by atoms with van der Waals surface area (Å²) < 4.78 is 11.8. The molecule has 0 atom stereocenters. The predicted octanol–water partition coefficient (Wildman–Crippen LogP) is 1.24. The third-order valence-corrected chi connectivity index (χ3v) is 4.93. The second kappa shape index (κ2) is 12.8. The average molecular weight is 530 g/mol. The number of nitrogens with one attached hydrogen (secondary N) is 2. The molecule has 1 aromatic carbocycles. The van der Waals surface area contributed by atoms with E-state index in [4.69, 9.17) is 9.47 Å². The Morgan fingerprint density at radius 2 is 1.82 bits per heavy atom. The molecule has 0 bridgehead atoms. The highest BCUT2D eigenvalue weighted by Crippen LogP contribution is 2.18. The van der Waals surface area contributed by atoms with E-state index in [1.165, 1.54) is 22.1 Å². The van der Waals surface area contributed by atoms with Crippen LogP contribution >= 0.6 is 0 Å². The van der Waals surface area contributed by atoms with Crippen molar-refractivity contribution < 1.29 is 34.1 Å². The molecule has 2 aromatic heterocycles. The van der Waals surface area contributed by atoms with E-state index in [9.17, 15) is 24.6 Å². The first-order valence-electron chi connectivity index (χ1n) is 11.8. The van der Waals surface area contributed by atoms with Gasteiger partial charge < -0.3 is 34.5 Å². The molecular formula is C24H31N7O7. The van der Waals surface area contributed by atoms with Gasteiger partial charge in [-0.2, -0.15) is 0 Å². The highest BCUT2D eigenvalue weighted by atomic mass is 16.6.